The van der Waals surface area contributed by atoms with Gasteiger partial charge in [-0.3, -0.25) is 0 Å². The van der Waals surface area contributed by atoms with Crippen LogP contribution >= 0.6 is 15.9 Å². The first-order chi connectivity index (χ1) is 9.35. The summed E-state index contributed by atoms with van der Waals surface area (Å²) in [6, 6.07) is 4.79. The number of benzene rings is 1. The van der Waals surface area contributed by atoms with Gasteiger partial charge in [0.2, 0.25) is 10.0 Å². The number of rotatable bonds is 4. The molecule has 112 valence electrons. The van der Waals surface area contributed by atoms with E-state index in [0.29, 0.717) is 21.9 Å². The van der Waals surface area contributed by atoms with Gasteiger partial charge in [0.1, 0.15) is 0 Å². The maximum atomic E-state index is 12.5. The van der Waals surface area contributed by atoms with E-state index in [1.807, 2.05) is 0 Å². The second-order valence-corrected chi connectivity index (χ2v) is 8.10. The highest BCUT2D eigenvalue weighted by atomic mass is 79.9. The minimum atomic E-state index is -3.53. The lowest BCUT2D eigenvalue weighted by Crippen LogP contribution is -2.37. The quantitative estimate of drug-likeness (QED) is 0.866. The van der Waals surface area contributed by atoms with Gasteiger partial charge in [0, 0.05) is 10.5 Å². The van der Waals surface area contributed by atoms with Crippen LogP contribution in [0.1, 0.15) is 32.3 Å². The topological polar surface area (TPSA) is 66.4 Å². The summed E-state index contributed by atoms with van der Waals surface area (Å²) in [6.07, 6.45) is 1.94. The molecule has 0 saturated heterocycles. The summed E-state index contributed by atoms with van der Waals surface area (Å²) >= 11 is 3.27. The fraction of sp³-hybridized carbons (Fsp3) is 0.571. The number of sulfonamides is 1. The normalized spacial score (nSPS) is 26.9. The Labute approximate surface area is 128 Å². The van der Waals surface area contributed by atoms with Crippen LogP contribution in [0.3, 0.4) is 0 Å². The van der Waals surface area contributed by atoms with Crippen LogP contribution in [0.25, 0.3) is 0 Å². The Morgan fingerprint density at radius 2 is 2.05 bits per heavy atom. The van der Waals surface area contributed by atoms with Gasteiger partial charge in [0.05, 0.1) is 11.5 Å². The van der Waals surface area contributed by atoms with Gasteiger partial charge in [-0.1, -0.05) is 19.9 Å². The van der Waals surface area contributed by atoms with Gasteiger partial charge < -0.3 is 5.11 Å². The van der Waals surface area contributed by atoms with E-state index in [2.05, 4.69) is 34.5 Å². The zero-order valence-electron chi connectivity index (χ0n) is 11.6. The summed E-state index contributed by atoms with van der Waals surface area (Å²) in [7, 11) is -3.53. The van der Waals surface area contributed by atoms with Crippen molar-refractivity contribution < 1.29 is 13.5 Å². The highest BCUT2D eigenvalue weighted by molar-refractivity contribution is 9.10. The van der Waals surface area contributed by atoms with E-state index in [9.17, 15) is 8.42 Å². The number of aliphatic hydroxyl groups is 1. The fourth-order valence-electron chi connectivity index (χ4n) is 2.65. The fourth-order valence-corrected chi connectivity index (χ4v) is 5.14. The molecule has 1 aromatic carbocycles. The number of hydrogen-bond donors (Lipinski definition) is 2. The molecule has 1 aliphatic rings. The van der Waals surface area contributed by atoms with E-state index in [4.69, 9.17) is 5.11 Å². The SMILES string of the molecule is CC1CCC(NS(=O)(=O)c2ccc(CO)cc2Br)C1C. The van der Waals surface area contributed by atoms with Gasteiger partial charge in [0.25, 0.3) is 0 Å². The maximum absolute atomic E-state index is 12.5. The molecule has 0 aliphatic heterocycles. The molecule has 20 heavy (non-hydrogen) atoms. The molecule has 1 fully saturated rings. The lowest BCUT2D eigenvalue weighted by molar-refractivity contribution is 0.281. The molecular formula is C14H20BrNO3S. The first-order valence-corrected chi connectivity index (χ1v) is 9.04. The highest BCUT2D eigenvalue weighted by Crippen LogP contribution is 2.33. The summed E-state index contributed by atoms with van der Waals surface area (Å²) in [5.74, 6) is 0.892. The van der Waals surface area contributed by atoms with E-state index >= 15 is 0 Å². The minimum Gasteiger partial charge on any atom is -0.392 e. The molecule has 0 amide bonds. The molecule has 0 bridgehead atoms. The Bertz CT molecular complexity index is 588. The monoisotopic (exact) mass is 361 g/mol. The van der Waals surface area contributed by atoms with E-state index in [1.165, 1.54) is 6.07 Å². The molecule has 6 heteroatoms. The molecule has 1 aromatic rings. The average molecular weight is 362 g/mol. The Morgan fingerprint density at radius 3 is 2.55 bits per heavy atom. The lowest BCUT2D eigenvalue weighted by Gasteiger charge is -2.20. The molecule has 0 radical (unpaired) electrons. The summed E-state index contributed by atoms with van der Waals surface area (Å²) in [5, 5.41) is 9.06. The number of hydrogen-bond acceptors (Lipinski definition) is 3. The molecular weight excluding hydrogens is 342 g/mol. The van der Waals surface area contributed by atoms with Gasteiger partial charge >= 0.3 is 0 Å². The smallest absolute Gasteiger partial charge is 0.241 e. The number of halogens is 1. The predicted molar refractivity (Wildman–Crippen MR) is 81.7 cm³/mol. The van der Waals surface area contributed by atoms with E-state index in [-0.39, 0.29) is 17.5 Å². The van der Waals surface area contributed by atoms with Gasteiger partial charge in [-0.2, -0.15) is 0 Å². The Balaban J connectivity index is 2.23. The van der Waals surface area contributed by atoms with Crippen LogP contribution in [0.4, 0.5) is 0 Å². The summed E-state index contributed by atoms with van der Waals surface area (Å²) in [5.41, 5.74) is 0.679. The van der Waals surface area contributed by atoms with Crippen LogP contribution < -0.4 is 4.72 Å². The predicted octanol–water partition coefficient (Wildman–Crippen LogP) is 2.65. The third-order valence-electron chi connectivity index (χ3n) is 4.24. The molecule has 3 atom stereocenters. The number of nitrogens with one attached hydrogen (secondary N) is 1. The zero-order chi connectivity index (χ0) is 14.9. The van der Waals surface area contributed by atoms with E-state index in [0.717, 1.165) is 12.8 Å². The lowest BCUT2D eigenvalue weighted by atomic mass is 9.98. The molecule has 3 unspecified atom stereocenters. The Kier molecular flexibility index (Phi) is 4.89. The largest absolute Gasteiger partial charge is 0.392 e. The first-order valence-electron chi connectivity index (χ1n) is 6.76. The van der Waals surface area contributed by atoms with Crippen molar-refractivity contribution in [2.24, 2.45) is 11.8 Å². The van der Waals surface area contributed by atoms with Crippen molar-refractivity contribution in [2.45, 2.75) is 44.2 Å². The van der Waals surface area contributed by atoms with Crippen LogP contribution in [0.15, 0.2) is 27.6 Å². The van der Waals surface area contributed by atoms with Crippen molar-refractivity contribution in [1.29, 1.82) is 0 Å². The maximum Gasteiger partial charge on any atom is 0.241 e. The van der Waals surface area contributed by atoms with Crippen molar-refractivity contribution >= 4 is 26.0 Å². The van der Waals surface area contributed by atoms with Crippen molar-refractivity contribution in [3.8, 4) is 0 Å². The second kappa shape index (κ2) is 6.13. The van der Waals surface area contributed by atoms with Crippen LogP contribution in [0.5, 0.6) is 0 Å². The van der Waals surface area contributed by atoms with Crippen molar-refractivity contribution in [2.75, 3.05) is 0 Å². The van der Waals surface area contributed by atoms with Gasteiger partial charge in [-0.05, 0) is 58.3 Å². The summed E-state index contributed by atoms with van der Waals surface area (Å²) in [4.78, 5) is 0.224. The Hall–Kier alpha value is -0.430. The molecule has 0 aromatic heterocycles. The molecule has 0 heterocycles. The summed E-state index contributed by atoms with van der Waals surface area (Å²) < 4.78 is 28.2. The zero-order valence-corrected chi connectivity index (χ0v) is 14.0. The third kappa shape index (κ3) is 3.24. The molecule has 0 spiro atoms. The minimum absolute atomic E-state index is 0.000539. The molecule has 4 nitrogen and oxygen atoms in total. The molecule has 2 N–H and O–H groups in total. The molecule has 1 saturated carbocycles. The van der Waals surface area contributed by atoms with Crippen LogP contribution in [-0.4, -0.2) is 19.6 Å². The number of aliphatic hydroxyl groups excluding tert-OH is 1. The Morgan fingerprint density at radius 1 is 1.35 bits per heavy atom. The van der Waals surface area contributed by atoms with Crippen molar-refractivity contribution in [3.63, 3.8) is 0 Å². The van der Waals surface area contributed by atoms with E-state index < -0.39 is 10.0 Å². The van der Waals surface area contributed by atoms with Crippen LogP contribution in [0, 0.1) is 11.8 Å². The summed E-state index contributed by atoms with van der Waals surface area (Å²) in [6.45, 7) is 4.14. The second-order valence-electron chi connectivity index (χ2n) is 5.56. The molecule has 2 rings (SSSR count). The highest BCUT2D eigenvalue weighted by Gasteiger charge is 2.33. The molecule has 1 aliphatic carbocycles. The van der Waals surface area contributed by atoms with Gasteiger partial charge in [-0.15, -0.1) is 0 Å². The van der Waals surface area contributed by atoms with Gasteiger partial charge in [0.15, 0.2) is 0 Å². The van der Waals surface area contributed by atoms with Crippen molar-refractivity contribution in [1.82, 2.24) is 4.72 Å². The van der Waals surface area contributed by atoms with E-state index in [1.54, 1.807) is 12.1 Å². The average Bonchev–Trinajstić information content (AvgIpc) is 2.69. The first kappa shape index (κ1) is 15.9. The van der Waals surface area contributed by atoms with Crippen LogP contribution in [-0.2, 0) is 16.6 Å². The van der Waals surface area contributed by atoms with Gasteiger partial charge in [-0.25, -0.2) is 13.1 Å². The standard InChI is InChI=1S/C14H20BrNO3S/c1-9-3-5-13(10(9)2)16-20(18,19)14-6-4-11(8-17)7-12(14)15/h4,6-7,9-10,13,16-17H,3,5,8H2,1-2H3. The van der Waals surface area contributed by atoms with Crippen molar-refractivity contribution in [3.05, 3.63) is 28.2 Å². The third-order valence-corrected chi connectivity index (χ3v) is 6.71. The van der Waals surface area contributed by atoms with Crippen LogP contribution in [0.2, 0.25) is 0 Å².